The van der Waals surface area contributed by atoms with Gasteiger partial charge in [-0.1, -0.05) is 11.6 Å². The first-order valence-corrected chi connectivity index (χ1v) is 7.17. The van der Waals surface area contributed by atoms with Crippen molar-refractivity contribution in [1.29, 1.82) is 0 Å². The van der Waals surface area contributed by atoms with Gasteiger partial charge in [0.15, 0.2) is 0 Å². The Kier molecular flexibility index (Phi) is 4.68. The molecule has 0 spiro atoms. The van der Waals surface area contributed by atoms with Gasteiger partial charge in [-0.15, -0.1) is 6.58 Å². The zero-order chi connectivity index (χ0) is 14.7. The molecule has 0 amide bonds. The van der Waals surface area contributed by atoms with Gasteiger partial charge in [0.25, 0.3) is 0 Å². The third-order valence-electron chi connectivity index (χ3n) is 3.93. The first kappa shape index (κ1) is 14.9. The third-order valence-corrected chi connectivity index (χ3v) is 3.93. The first-order chi connectivity index (χ1) is 9.50. The van der Waals surface area contributed by atoms with Gasteiger partial charge in [0.1, 0.15) is 5.75 Å². The second-order valence-electron chi connectivity index (χ2n) is 5.70. The average molecular weight is 275 g/mol. The minimum atomic E-state index is 0.151. The van der Waals surface area contributed by atoms with E-state index < -0.39 is 0 Å². The van der Waals surface area contributed by atoms with Crippen molar-refractivity contribution in [2.24, 2.45) is 0 Å². The van der Waals surface area contributed by atoms with E-state index in [1.165, 1.54) is 0 Å². The van der Waals surface area contributed by atoms with E-state index in [9.17, 15) is 5.11 Å². The number of phenolic OH excluding ortho intramolecular Hbond substituents is 1. The fourth-order valence-corrected chi connectivity index (χ4v) is 2.88. The predicted octanol–water partition coefficient (Wildman–Crippen LogP) is 2.20. The van der Waals surface area contributed by atoms with Crippen LogP contribution in [0.25, 0.3) is 0 Å². The molecule has 20 heavy (non-hydrogen) atoms. The summed E-state index contributed by atoms with van der Waals surface area (Å²) in [6.45, 7) is 12.0. The Hall–Kier alpha value is -1.52. The summed E-state index contributed by atoms with van der Waals surface area (Å²) in [6.07, 6.45) is 0.845. The van der Waals surface area contributed by atoms with Crippen molar-refractivity contribution in [3.8, 4) is 5.75 Å². The highest BCUT2D eigenvalue weighted by Gasteiger charge is 2.26. The molecule has 1 aromatic rings. The molecule has 1 aliphatic heterocycles. The van der Waals surface area contributed by atoms with Crippen LogP contribution in [0.15, 0.2) is 24.3 Å². The summed E-state index contributed by atoms with van der Waals surface area (Å²) in [4.78, 5) is 2.41. The molecule has 4 N–H and O–H groups in total. The zero-order valence-corrected chi connectivity index (χ0v) is 12.4. The standard InChI is InChI=1S/C16H25N3O/c1-11(2)10-14(19-8-6-18-7-9-19)15-12(3)4-5-13(17)16(15)20/h4-5,14,18,20H,1,6-10,17H2,2-3H3/t14-/m0/s1. The van der Waals surface area contributed by atoms with Crippen molar-refractivity contribution in [1.82, 2.24) is 10.2 Å². The number of hydrogen-bond donors (Lipinski definition) is 3. The molecule has 1 heterocycles. The smallest absolute Gasteiger partial charge is 0.143 e. The van der Waals surface area contributed by atoms with Crippen LogP contribution < -0.4 is 11.1 Å². The lowest BCUT2D eigenvalue weighted by Gasteiger charge is -2.36. The van der Waals surface area contributed by atoms with E-state index in [1.54, 1.807) is 6.07 Å². The Labute approximate surface area is 121 Å². The summed E-state index contributed by atoms with van der Waals surface area (Å²) < 4.78 is 0. The Morgan fingerprint density at radius 1 is 1.45 bits per heavy atom. The lowest BCUT2D eigenvalue weighted by molar-refractivity contribution is 0.169. The highest BCUT2D eigenvalue weighted by Crippen LogP contribution is 2.38. The summed E-state index contributed by atoms with van der Waals surface area (Å²) in [6, 6.07) is 3.90. The summed E-state index contributed by atoms with van der Waals surface area (Å²) in [7, 11) is 0. The van der Waals surface area contributed by atoms with Gasteiger partial charge in [-0.05, 0) is 31.9 Å². The minimum absolute atomic E-state index is 0.151. The largest absolute Gasteiger partial charge is 0.505 e. The SMILES string of the molecule is C=C(C)C[C@@H](c1c(C)ccc(N)c1O)N1CCNCC1. The number of nitrogens with zero attached hydrogens (tertiary/aromatic N) is 1. The zero-order valence-electron chi connectivity index (χ0n) is 12.4. The van der Waals surface area contributed by atoms with Gasteiger partial charge in [-0.25, -0.2) is 0 Å². The summed E-state index contributed by atoms with van der Waals surface area (Å²) in [5, 5.41) is 13.8. The van der Waals surface area contributed by atoms with E-state index >= 15 is 0 Å². The number of rotatable bonds is 4. The van der Waals surface area contributed by atoms with Gasteiger partial charge in [0.2, 0.25) is 0 Å². The molecular formula is C16H25N3O. The summed E-state index contributed by atoms with van der Waals surface area (Å²) in [5.74, 6) is 0.231. The number of nitrogens with two attached hydrogens (primary N) is 1. The number of aromatic hydroxyl groups is 1. The molecule has 0 radical (unpaired) electrons. The van der Waals surface area contributed by atoms with E-state index in [2.05, 4.69) is 16.8 Å². The fourth-order valence-electron chi connectivity index (χ4n) is 2.88. The third kappa shape index (κ3) is 3.14. The van der Waals surface area contributed by atoms with E-state index in [-0.39, 0.29) is 11.8 Å². The maximum Gasteiger partial charge on any atom is 0.143 e. The van der Waals surface area contributed by atoms with Gasteiger partial charge in [-0.2, -0.15) is 0 Å². The van der Waals surface area contributed by atoms with E-state index in [4.69, 9.17) is 5.73 Å². The molecule has 1 fully saturated rings. The molecule has 1 saturated heterocycles. The molecule has 1 aliphatic rings. The number of aryl methyl sites for hydroxylation is 1. The Morgan fingerprint density at radius 2 is 2.10 bits per heavy atom. The highest BCUT2D eigenvalue weighted by atomic mass is 16.3. The number of hydrogen-bond acceptors (Lipinski definition) is 4. The van der Waals surface area contributed by atoms with Crippen LogP contribution in [0.5, 0.6) is 5.75 Å². The number of phenols is 1. The van der Waals surface area contributed by atoms with Crippen molar-refractivity contribution < 1.29 is 5.11 Å². The molecule has 0 bridgehead atoms. The number of nitrogen functional groups attached to an aromatic ring is 1. The van der Waals surface area contributed by atoms with Crippen LogP contribution >= 0.6 is 0 Å². The molecule has 4 nitrogen and oxygen atoms in total. The summed E-state index contributed by atoms with van der Waals surface area (Å²) in [5.41, 5.74) is 9.49. The number of benzene rings is 1. The van der Waals surface area contributed by atoms with Gasteiger partial charge in [0, 0.05) is 37.8 Å². The van der Waals surface area contributed by atoms with Crippen molar-refractivity contribution in [2.75, 3.05) is 31.9 Å². The van der Waals surface area contributed by atoms with Crippen LogP contribution in [0, 0.1) is 6.92 Å². The first-order valence-electron chi connectivity index (χ1n) is 7.17. The maximum atomic E-state index is 10.4. The topological polar surface area (TPSA) is 61.5 Å². The lowest BCUT2D eigenvalue weighted by Crippen LogP contribution is -2.45. The lowest BCUT2D eigenvalue weighted by atomic mass is 9.93. The van der Waals surface area contributed by atoms with Crippen LogP contribution in [0.2, 0.25) is 0 Å². The monoisotopic (exact) mass is 275 g/mol. The molecule has 0 aromatic heterocycles. The van der Waals surface area contributed by atoms with Crippen molar-refractivity contribution in [3.05, 3.63) is 35.4 Å². The number of anilines is 1. The van der Waals surface area contributed by atoms with E-state index in [0.29, 0.717) is 5.69 Å². The van der Waals surface area contributed by atoms with Gasteiger partial charge >= 0.3 is 0 Å². The van der Waals surface area contributed by atoms with E-state index in [1.807, 2.05) is 19.9 Å². The van der Waals surface area contributed by atoms with Crippen LogP contribution in [0.1, 0.15) is 30.5 Å². The summed E-state index contributed by atoms with van der Waals surface area (Å²) >= 11 is 0. The Bertz CT molecular complexity index is 493. The number of piperazine rings is 1. The molecule has 1 atom stereocenters. The Balaban J connectivity index is 2.40. The van der Waals surface area contributed by atoms with Gasteiger partial charge < -0.3 is 16.2 Å². The van der Waals surface area contributed by atoms with Gasteiger partial charge in [0.05, 0.1) is 5.69 Å². The van der Waals surface area contributed by atoms with Crippen LogP contribution in [0.4, 0.5) is 5.69 Å². The Morgan fingerprint density at radius 3 is 2.70 bits per heavy atom. The minimum Gasteiger partial charge on any atom is -0.505 e. The average Bonchev–Trinajstić information content (AvgIpc) is 2.43. The molecule has 0 unspecified atom stereocenters. The van der Waals surface area contributed by atoms with Crippen molar-refractivity contribution in [2.45, 2.75) is 26.3 Å². The van der Waals surface area contributed by atoms with E-state index in [0.717, 1.165) is 49.3 Å². The highest BCUT2D eigenvalue weighted by molar-refractivity contribution is 5.59. The quantitative estimate of drug-likeness (QED) is 0.448. The molecule has 0 saturated carbocycles. The van der Waals surface area contributed by atoms with Crippen LogP contribution in [0.3, 0.4) is 0 Å². The fraction of sp³-hybridized carbons (Fsp3) is 0.500. The normalized spacial score (nSPS) is 17.9. The molecule has 1 aromatic carbocycles. The second-order valence-corrected chi connectivity index (χ2v) is 5.70. The maximum absolute atomic E-state index is 10.4. The molecular weight excluding hydrogens is 250 g/mol. The predicted molar refractivity (Wildman–Crippen MR) is 83.9 cm³/mol. The molecule has 110 valence electrons. The van der Waals surface area contributed by atoms with Crippen LogP contribution in [-0.4, -0.2) is 36.2 Å². The molecule has 0 aliphatic carbocycles. The van der Waals surface area contributed by atoms with Crippen LogP contribution in [-0.2, 0) is 0 Å². The second kappa shape index (κ2) is 6.29. The number of nitrogens with one attached hydrogen (secondary N) is 1. The van der Waals surface area contributed by atoms with Crippen molar-refractivity contribution >= 4 is 5.69 Å². The molecule has 2 rings (SSSR count). The van der Waals surface area contributed by atoms with Crippen molar-refractivity contribution in [3.63, 3.8) is 0 Å². The molecule has 4 heteroatoms. The van der Waals surface area contributed by atoms with Gasteiger partial charge in [-0.3, -0.25) is 4.90 Å².